The molecule has 3 aromatic rings. The molecular weight excluding hydrogens is 563 g/mol. The first-order valence-corrected chi connectivity index (χ1v) is 14.8. The van der Waals surface area contributed by atoms with Crippen LogP contribution in [0.5, 0.6) is 0 Å². The lowest BCUT2D eigenvalue weighted by molar-refractivity contribution is 0.904. The van der Waals surface area contributed by atoms with Gasteiger partial charge in [0.05, 0.1) is 20.1 Å². The molecule has 0 saturated heterocycles. The van der Waals surface area contributed by atoms with Gasteiger partial charge >= 0.3 is 0 Å². The average Bonchev–Trinajstić information content (AvgIpc) is 2.89. The molecule has 4 rings (SSSR count). The second-order valence-electron chi connectivity index (χ2n) is 8.41. The summed E-state index contributed by atoms with van der Waals surface area (Å²) in [5, 5.41) is 2.33. The zero-order valence-corrected chi connectivity index (χ0v) is 25.8. The van der Waals surface area contributed by atoms with Gasteiger partial charge in [0.25, 0.3) is 0 Å². The molecule has 2 unspecified atom stereocenters. The molecule has 198 valence electrons. The highest BCUT2D eigenvalue weighted by molar-refractivity contribution is 7.43. The Morgan fingerprint density at radius 3 is 2.22 bits per heavy atom. The Kier molecular flexibility index (Phi) is 12.8. The summed E-state index contributed by atoms with van der Waals surface area (Å²) >= 11 is 24.6. The first-order chi connectivity index (χ1) is 17.6. The third-order valence-electron chi connectivity index (χ3n) is 5.99. The number of pyridine rings is 1. The molecule has 0 bridgehead atoms. The summed E-state index contributed by atoms with van der Waals surface area (Å²) in [7, 11) is 0.707. The Balaban J connectivity index is 0.000000244. The fraction of sp³-hybridized carbons (Fsp3) is 0.276. The second kappa shape index (κ2) is 15.0. The highest BCUT2D eigenvalue weighted by Crippen LogP contribution is 2.39. The van der Waals surface area contributed by atoms with Crippen LogP contribution in [0.2, 0.25) is 20.1 Å². The van der Waals surface area contributed by atoms with Crippen LogP contribution in [0.3, 0.4) is 0 Å². The molecule has 0 fully saturated rings. The van der Waals surface area contributed by atoms with Crippen molar-refractivity contribution in [1.29, 1.82) is 0 Å². The molecule has 2 heterocycles. The van der Waals surface area contributed by atoms with E-state index in [2.05, 4.69) is 31.0 Å². The van der Waals surface area contributed by atoms with Crippen LogP contribution in [-0.4, -0.2) is 11.1 Å². The van der Waals surface area contributed by atoms with Crippen molar-refractivity contribution in [3.63, 3.8) is 0 Å². The molecule has 37 heavy (non-hydrogen) atoms. The number of halogens is 4. The van der Waals surface area contributed by atoms with Crippen LogP contribution in [0, 0.1) is 13.8 Å². The van der Waals surface area contributed by atoms with E-state index in [4.69, 9.17) is 57.9 Å². The Labute approximate surface area is 243 Å². The monoisotopic (exact) mass is 595 g/mol. The third-order valence-corrected chi connectivity index (χ3v) is 8.61. The third kappa shape index (κ3) is 8.37. The molecule has 0 aliphatic carbocycles. The van der Waals surface area contributed by atoms with Crippen LogP contribution in [0.1, 0.15) is 54.5 Å². The Morgan fingerprint density at radius 2 is 1.57 bits per heavy atom. The maximum absolute atomic E-state index is 6.34. The number of nitrogens with two attached hydrogens (primary N) is 2. The van der Waals surface area contributed by atoms with Gasteiger partial charge in [0.1, 0.15) is 0 Å². The first-order valence-electron chi connectivity index (χ1n) is 12.1. The summed E-state index contributed by atoms with van der Waals surface area (Å²) in [4.78, 5) is 4.06. The van der Waals surface area contributed by atoms with E-state index in [0.29, 0.717) is 40.8 Å². The van der Waals surface area contributed by atoms with Gasteiger partial charge in [0.2, 0.25) is 0 Å². The lowest BCUT2D eigenvalue weighted by Gasteiger charge is -2.21. The molecule has 1 aliphatic heterocycles. The first kappa shape index (κ1) is 31.5. The number of hydrogen-bond acceptors (Lipinski definition) is 3. The maximum atomic E-state index is 6.34. The SMILES string of the molecule is CC.Cc1ccc(Cl)c(Cl)c1C(C)C1=CCPC(N)=C1.Cc1cnccc1Cc1c(N)ccc(Cl)c1Cl. The predicted molar refractivity (Wildman–Crippen MR) is 167 cm³/mol. The second-order valence-corrected chi connectivity index (χ2v) is 11.3. The van der Waals surface area contributed by atoms with Crippen molar-refractivity contribution < 1.29 is 0 Å². The van der Waals surface area contributed by atoms with E-state index in [1.54, 1.807) is 18.3 Å². The number of anilines is 1. The minimum atomic E-state index is 0.222. The standard InChI is InChI=1S/C14H16Cl2NP.C13H12Cl2N2.C2H6/c1-8-3-4-11(15)14(16)13(8)9(2)10-5-6-18-12(17)7-10;1-8-7-17-5-4-9(8)6-10-12(16)3-2-11(14)13(10)15;1-2/h3-5,7,9,18H,6,17H2,1-2H3;2-5,7H,6,16H2,1H3;1-2H3. The summed E-state index contributed by atoms with van der Waals surface area (Å²) in [6.07, 6.45) is 9.60. The Hall–Kier alpha value is -1.74. The summed E-state index contributed by atoms with van der Waals surface area (Å²) < 4.78 is 0. The highest BCUT2D eigenvalue weighted by Gasteiger charge is 2.19. The summed E-state index contributed by atoms with van der Waals surface area (Å²) in [6, 6.07) is 9.31. The molecule has 8 heteroatoms. The van der Waals surface area contributed by atoms with Crippen molar-refractivity contribution in [2.45, 2.75) is 47.0 Å². The number of aromatic nitrogens is 1. The fourth-order valence-electron chi connectivity index (χ4n) is 3.92. The van der Waals surface area contributed by atoms with Crippen LogP contribution >= 0.6 is 55.0 Å². The Bertz CT molecular complexity index is 1290. The van der Waals surface area contributed by atoms with E-state index in [0.717, 1.165) is 39.4 Å². The molecule has 2 aromatic carbocycles. The van der Waals surface area contributed by atoms with Gasteiger partial charge in [0.15, 0.2) is 0 Å². The van der Waals surface area contributed by atoms with Gasteiger partial charge in [-0.25, -0.2) is 0 Å². The molecule has 0 radical (unpaired) electrons. The van der Waals surface area contributed by atoms with Gasteiger partial charge < -0.3 is 11.5 Å². The fourth-order valence-corrected chi connectivity index (χ4v) is 5.72. The molecule has 2 atom stereocenters. The van der Waals surface area contributed by atoms with Gasteiger partial charge in [-0.1, -0.05) is 87.9 Å². The van der Waals surface area contributed by atoms with Crippen molar-refractivity contribution in [3.8, 4) is 0 Å². The number of hydrogen-bond donors (Lipinski definition) is 2. The molecule has 0 saturated carbocycles. The number of nitrogen functional groups attached to an aromatic ring is 1. The van der Waals surface area contributed by atoms with Crippen LogP contribution in [0.25, 0.3) is 0 Å². The van der Waals surface area contributed by atoms with E-state index in [-0.39, 0.29) is 5.92 Å². The smallest absolute Gasteiger partial charge is 0.0648 e. The quantitative estimate of drug-likeness (QED) is 0.233. The zero-order chi connectivity index (χ0) is 27.7. The van der Waals surface area contributed by atoms with Gasteiger partial charge in [-0.15, -0.1) is 0 Å². The lowest BCUT2D eigenvalue weighted by atomic mass is 9.89. The number of aryl methyl sites for hydroxylation is 2. The van der Waals surface area contributed by atoms with Crippen molar-refractivity contribution in [2.24, 2.45) is 5.73 Å². The van der Waals surface area contributed by atoms with E-state index in [1.165, 1.54) is 5.57 Å². The van der Waals surface area contributed by atoms with E-state index < -0.39 is 0 Å². The van der Waals surface area contributed by atoms with Gasteiger partial charge in [-0.05, 0) is 83.7 Å². The molecular formula is C29H34Cl4N3P. The van der Waals surface area contributed by atoms with Crippen molar-refractivity contribution >= 4 is 60.7 Å². The van der Waals surface area contributed by atoms with Crippen LogP contribution in [0.15, 0.2) is 65.9 Å². The average molecular weight is 597 g/mol. The number of benzene rings is 2. The van der Waals surface area contributed by atoms with Crippen molar-refractivity contribution in [2.75, 3.05) is 11.9 Å². The van der Waals surface area contributed by atoms with Gasteiger partial charge in [0, 0.05) is 35.9 Å². The topological polar surface area (TPSA) is 64.9 Å². The molecule has 1 aliphatic rings. The summed E-state index contributed by atoms with van der Waals surface area (Å²) in [6.45, 7) is 10.2. The normalized spacial score (nSPS) is 14.0. The predicted octanol–water partition coefficient (Wildman–Crippen LogP) is 9.72. The van der Waals surface area contributed by atoms with Gasteiger partial charge in [-0.2, -0.15) is 0 Å². The van der Waals surface area contributed by atoms with E-state index in [1.807, 2.05) is 45.2 Å². The minimum Gasteiger partial charge on any atom is -0.399 e. The van der Waals surface area contributed by atoms with E-state index in [9.17, 15) is 0 Å². The molecule has 0 spiro atoms. The largest absolute Gasteiger partial charge is 0.399 e. The summed E-state index contributed by atoms with van der Waals surface area (Å²) in [5.41, 5.74) is 20.1. The van der Waals surface area contributed by atoms with Crippen molar-refractivity contribution in [1.82, 2.24) is 4.98 Å². The molecule has 4 N–H and O–H groups in total. The zero-order valence-electron chi connectivity index (χ0n) is 21.8. The molecule has 0 amide bonds. The van der Waals surface area contributed by atoms with E-state index >= 15 is 0 Å². The molecule has 3 nitrogen and oxygen atoms in total. The molecule has 1 aromatic heterocycles. The maximum Gasteiger partial charge on any atom is 0.0648 e. The van der Waals surface area contributed by atoms with Crippen LogP contribution in [-0.2, 0) is 6.42 Å². The Morgan fingerprint density at radius 1 is 0.919 bits per heavy atom. The van der Waals surface area contributed by atoms with Crippen LogP contribution in [0.4, 0.5) is 5.69 Å². The minimum absolute atomic E-state index is 0.222. The number of nitrogens with zero attached hydrogens (tertiary/aromatic N) is 1. The number of allylic oxidation sites excluding steroid dienone is 3. The van der Waals surface area contributed by atoms with Gasteiger partial charge in [-0.3, -0.25) is 4.98 Å². The lowest BCUT2D eigenvalue weighted by Crippen LogP contribution is -2.05. The van der Waals surface area contributed by atoms with Crippen molar-refractivity contribution in [3.05, 3.63) is 114 Å². The highest BCUT2D eigenvalue weighted by atomic mass is 35.5. The number of rotatable bonds is 4. The summed E-state index contributed by atoms with van der Waals surface area (Å²) in [5.74, 6) is 0.222. The van der Waals surface area contributed by atoms with Crippen LogP contribution < -0.4 is 11.5 Å².